The van der Waals surface area contributed by atoms with Crippen LogP contribution in [0.3, 0.4) is 0 Å². The number of aliphatic hydroxyl groups excluding tert-OH is 1. The van der Waals surface area contributed by atoms with Crippen LogP contribution >= 0.6 is 0 Å². The third kappa shape index (κ3) is 3.64. The van der Waals surface area contributed by atoms with Crippen molar-refractivity contribution < 1.29 is 19.0 Å². The summed E-state index contributed by atoms with van der Waals surface area (Å²) in [5.41, 5.74) is 0.708. The molecular formula is C18H25FN2O3. The standard InChI is InChI=1S/C18H25FN2O3/c1-12(22)13-7-9-21(10-8-13)18(23)20-16-6-3-11-24-17-14(16)4-2-5-15(17)19/h2,4-5,12-13,16,22H,3,6-11H2,1H3,(H,20,23). The van der Waals surface area contributed by atoms with Gasteiger partial charge in [0.15, 0.2) is 11.6 Å². The Morgan fingerprint density at radius 2 is 2.12 bits per heavy atom. The molecule has 2 aliphatic heterocycles. The van der Waals surface area contributed by atoms with Gasteiger partial charge in [-0.25, -0.2) is 9.18 Å². The number of aliphatic hydroxyl groups is 1. The first-order valence-electron chi connectivity index (χ1n) is 8.71. The van der Waals surface area contributed by atoms with E-state index < -0.39 is 0 Å². The maximum atomic E-state index is 14.0. The van der Waals surface area contributed by atoms with E-state index in [1.807, 2.05) is 6.07 Å². The molecule has 0 spiro atoms. The highest BCUT2D eigenvalue weighted by Gasteiger charge is 2.28. The minimum absolute atomic E-state index is 0.124. The molecule has 2 aliphatic rings. The summed E-state index contributed by atoms with van der Waals surface area (Å²) in [5.74, 6) is 0.134. The Hall–Kier alpha value is -1.82. The summed E-state index contributed by atoms with van der Waals surface area (Å²) in [7, 11) is 0. The SMILES string of the molecule is CC(O)C1CCN(C(=O)NC2CCCOc3c(F)cccc32)CC1. The maximum Gasteiger partial charge on any atom is 0.317 e. The molecule has 1 saturated heterocycles. The lowest BCUT2D eigenvalue weighted by Gasteiger charge is -2.34. The number of hydrogen-bond acceptors (Lipinski definition) is 3. The number of carbonyl (C=O) groups excluding carboxylic acids is 1. The number of para-hydroxylation sites is 1. The first-order valence-corrected chi connectivity index (χ1v) is 8.71. The van der Waals surface area contributed by atoms with Gasteiger partial charge in [-0.05, 0) is 44.6 Å². The van der Waals surface area contributed by atoms with Crippen LogP contribution in [0.25, 0.3) is 0 Å². The molecule has 1 fully saturated rings. The molecule has 132 valence electrons. The predicted octanol–water partition coefficient (Wildman–Crippen LogP) is 2.84. The number of likely N-dealkylation sites (tertiary alicyclic amines) is 1. The van der Waals surface area contributed by atoms with Gasteiger partial charge in [0.05, 0.1) is 18.8 Å². The smallest absolute Gasteiger partial charge is 0.317 e. The second-order valence-electron chi connectivity index (χ2n) is 6.72. The summed E-state index contributed by atoms with van der Waals surface area (Å²) in [6, 6.07) is 4.48. The van der Waals surface area contributed by atoms with E-state index in [9.17, 15) is 14.3 Å². The normalized spacial score (nSPS) is 23.0. The molecule has 2 unspecified atom stereocenters. The van der Waals surface area contributed by atoms with Gasteiger partial charge in [0.2, 0.25) is 0 Å². The van der Waals surface area contributed by atoms with E-state index in [-0.39, 0.29) is 35.7 Å². The molecule has 5 nitrogen and oxygen atoms in total. The van der Waals surface area contributed by atoms with Gasteiger partial charge in [-0.3, -0.25) is 0 Å². The van der Waals surface area contributed by atoms with Crippen LogP contribution in [0.2, 0.25) is 0 Å². The highest BCUT2D eigenvalue weighted by molar-refractivity contribution is 5.75. The number of halogens is 1. The third-order valence-electron chi connectivity index (χ3n) is 5.06. The summed E-state index contributed by atoms with van der Waals surface area (Å²) in [5, 5.41) is 12.7. The fraction of sp³-hybridized carbons (Fsp3) is 0.611. The lowest BCUT2D eigenvalue weighted by Crippen LogP contribution is -2.46. The van der Waals surface area contributed by atoms with Gasteiger partial charge in [-0.15, -0.1) is 0 Å². The Balaban J connectivity index is 1.66. The quantitative estimate of drug-likeness (QED) is 0.873. The molecule has 2 heterocycles. The average Bonchev–Trinajstić information content (AvgIpc) is 2.78. The van der Waals surface area contributed by atoms with Crippen LogP contribution in [-0.2, 0) is 0 Å². The van der Waals surface area contributed by atoms with E-state index in [0.717, 1.165) is 25.7 Å². The molecule has 1 aromatic rings. The van der Waals surface area contributed by atoms with Crippen LogP contribution in [0.4, 0.5) is 9.18 Å². The lowest BCUT2D eigenvalue weighted by atomic mass is 9.92. The van der Waals surface area contributed by atoms with Crippen molar-refractivity contribution in [1.29, 1.82) is 0 Å². The Labute approximate surface area is 141 Å². The summed E-state index contributed by atoms with van der Waals surface area (Å²) in [6.45, 7) is 3.54. The van der Waals surface area contributed by atoms with E-state index in [0.29, 0.717) is 25.3 Å². The van der Waals surface area contributed by atoms with Gasteiger partial charge in [0.25, 0.3) is 0 Å². The summed E-state index contributed by atoms with van der Waals surface area (Å²) >= 11 is 0. The molecule has 6 heteroatoms. The molecule has 2 amide bonds. The number of benzene rings is 1. The summed E-state index contributed by atoms with van der Waals surface area (Å²) < 4.78 is 19.5. The average molecular weight is 336 g/mol. The highest BCUT2D eigenvalue weighted by Crippen LogP contribution is 2.33. The van der Waals surface area contributed by atoms with E-state index in [1.54, 1.807) is 17.9 Å². The molecule has 0 saturated carbocycles. The number of urea groups is 1. The monoisotopic (exact) mass is 336 g/mol. The number of carbonyl (C=O) groups is 1. The van der Waals surface area contributed by atoms with Crippen LogP contribution < -0.4 is 10.1 Å². The van der Waals surface area contributed by atoms with E-state index in [4.69, 9.17) is 4.74 Å². The molecule has 24 heavy (non-hydrogen) atoms. The van der Waals surface area contributed by atoms with Crippen molar-refractivity contribution in [3.8, 4) is 5.75 Å². The van der Waals surface area contributed by atoms with Crippen LogP contribution in [0.15, 0.2) is 18.2 Å². The minimum Gasteiger partial charge on any atom is -0.490 e. The van der Waals surface area contributed by atoms with Gasteiger partial charge < -0.3 is 20.1 Å². The number of piperidine rings is 1. The topological polar surface area (TPSA) is 61.8 Å². The van der Waals surface area contributed by atoms with E-state index >= 15 is 0 Å². The van der Waals surface area contributed by atoms with Crippen LogP contribution in [-0.4, -0.2) is 41.8 Å². The second kappa shape index (κ2) is 7.38. The van der Waals surface area contributed by atoms with Crippen LogP contribution in [0.5, 0.6) is 5.75 Å². The molecule has 2 atom stereocenters. The van der Waals surface area contributed by atoms with Crippen LogP contribution in [0, 0.1) is 11.7 Å². The van der Waals surface area contributed by atoms with Crippen LogP contribution in [0.1, 0.15) is 44.2 Å². The molecule has 3 rings (SSSR count). The highest BCUT2D eigenvalue weighted by atomic mass is 19.1. The fourth-order valence-corrected chi connectivity index (χ4v) is 3.54. The summed E-state index contributed by atoms with van der Waals surface area (Å²) in [6.07, 6.45) is 2.79. The van der Waals surface area contributed by atoms with Gasteiger partial charge in [-0.1, -0.05) is 12.1 Å². The lowest BCUT2D eigenvalue weighted by molar-refractivity contribution is 0.0792. The number of ether oxygens (including phenoxy) is 1. The molecule has 0 bridgehead atoms. The zero-order chi connectivity index (χ0) is 17.1. The Kier molecular flexibility index (Phi) is 5.23. The molecule has 2 N–H and O–H groups in total. The van der Waals surface area contributed by atoms with Crippen molar-refractivity contribution in [2.24, 2.45) is 5.92 Å². The Morgan fingerprint density at radius 3 is 2.83 bits per heavy atom. The number of fused-ring (bicyclic) bond motifs is 1. The number of rotatable bonds is 2. The fourth-order valence-electron chi connectivity index (χ4n) is 3.54. The van der Waals surface area contributed by atoms with Crippen molar-refractivity contribution in [2.45, 2.75) is 44.8 Å². The van der Waals surface area contributed by atoms with Gasteiger partial charge in [-0.2, -0.15) is 0 Å². The molecule has 1 aromatic carbocycles. The largest absolute Gasteiger partial charge is 0.490 e. The first kappa shape index (κ1) is 17.0. The second-order valence-corrected chi connectivity index (χ2v) is 6.72. The number of nitrogens with one attached hydrogen (secondary N) is 1. The summed E-state index contributed by atoms with van der Waals surface area (Å²) in [4.78, 5) is 14.3. The van der Waals surface area contributed by atoms with Crippen molar-refractivity contribution in [3.63, 3.8) is 0 Å². The van der Waals surface area contributed by atoms with E-state index in [1.165, 1.54) is 6.07 Å². The third-order valence-corrected chi connectivity index (χ3v) is 5.06. The number of nitrogens with zero attached hydrogens (tertiary/aromatic N) is 1. The molecule has 0 radical (unpaired) electrons. The van der Waals surface area contributed by atoms with Crippen molar-refractivity contribution >= 4 is 6.03 Å². The minimum atomic E-state index is -0.383. The number of hydrogen-bond donors (Lipinski definition) is 2. The number of amides is 2. The van der Waals surface area contributed by atoms with Gasteiger partial charge in [0.1, 0.15) is 0 Å². The zero-order valence-electron chi connectivity index (χ0n) is 14.0. The Bertz CT molecular complexity index is 586. The van der Waals surface area contributed by atoms with E-state index in [2.05, 4.69) is 5.32 Å². The van der Waals surface area contributed by atoms with Crippen molar-refractivity contribution in [2.75, 3.05) is 19.7 Å². The first-order chi connectivity index (χ1) is 11.6. The van der Waals surface area contributed by atoms with Crippen molar-refractivity contribution in [1.82, 2.24) is 10.2 Å². The zero-order valence-corrected chi connectivity index (χ0v) is 14.0. The van der Waals surface area contributed by atoms with Crippen molar-refractivity contribution in [3.05, 3.63) is 29.6 Å². The molecule has 0 aliphatic carbocycles. The predicted molar refractivity (Wildman–Crippen MR) is 88.4 cm³/mol. The molecular weight excluding hydrogens is 311 g/mol. The van der Waals surface area contributed by atoms with Gasteiger partial charge in [0, 0.05) is 18.7 Å². The molecule has 0 aromatic heterocycles. The van der Waals surface area contributed by atoms with Gasteiger partial charge >= 0.3 is 6.03 Å². The Morgan fingerprint density at radius 1 is 1.38 bits per heavy atom. The maximum absolute atomic E-state index is 14.0.